The summed E-state index contributed by atoms with van der Waals surface area (Å²) < 4.78 is 49.3. The Bertz CT molecular complexity index is 1220. The van der Waals surface area contributed by atoms with E-state index in [2.05, 4.69) is 0 Å². The van der Waals surface area contributed by atoms with Gasteiger partial charge in [0.25, 0.3) is 0 Å². The number of fused-ring (bicyclic) bond motifs is 1. The highest BCUT2D eigenvalue weighted by atomic mass is 35.5. The van der Waals surface area contributed by atoms with Gasteiger partial charge >= 0.3 is 5.97 Å². The van der Waals surface area contributed by atoms with Crippen molar-refractivity contribution in [2.24, 2.45) is 0 Å². The van der Waals surface area contributed by atoms with Crippen molar-refractivity contribution in [2.45, 2.75) is 50.6 Å². The molecule has 0 amide bonds. The van der Waals surface area contributed by atoms with E-state index in [0.29, 0.717) is 16.1 Å². The van der Waals surface area contributed by atoms with E-state index in [0.717, 1.165) is 9.87 Å². The Hall–Kier alpha value is -2.20. The van der Waals surface area contributed by atoms with Gasteiger partial charge in [0.2, 0.25) is 10.0 Å². The predicted octanol–water partition coefficient (Wildman–Crippen LogP) is 4.36. The highest BCUT2D eigenvalue weighted by Gasteiger charge is 2.44. The van der Waals surface area contributed by atoms with E-state index in [1.54, 1.807) is 19.9 Å². The number of hydrogen-bond acceptors (Lipinski definition) is 5. The van der Waals surface area contributed by atoms with Gasteiger partial charge in [-0.15, -0.1) is 0 Å². The highest BCUT2D eigenvalue weighted by Crippen LogP contribution is 2.43. The minimum atomic E-state index is -4.32. The molecule has 0 aromatic heterocycles. The molecule has 3 rings (SSSR count). The molecule has 34 heavy (non-hydrogen) atoms. The summed E-state index contributed by atoms with van der Waals surface area (Å²) in [5.41, 5.74) is 2.08. The number of nitrogens with zero attached hydrogens (tertiary/aromatic N) is 2. The minimum Gasteiger partial charge on any atom is -0.490 e. The topological polar surface area (TPSA) is 87.2 Å². The van der Waals surface area contributed by atoms with Gasteiger partial charge in [-0.3, -0.25) is 4.79 Å². The lowest BCUT2D eigenvalue weighted by atomic mass is 9.87. The molecule has 2 aromatic carbocycles. The first kappa shape index (κ1) is 26.4. The van der Waals surface area contributed by atoms with E-state index < -0.39 is 33.8 Å². The second kappa shape index (κ2) is 9.81. The van der Waals surface area contributed by atoms with E-state index in [1.165, 1.54) is 25.1 Å². The van der Waals surface area contributed by atoms with Crippen LogP contribution in [0.25, 0.3) is 0 Å². The van der Waals surface area contributed by atoms with E-state index in [-0.39, 0.29) is 35.4 Å². The second-order valence-corrected chi connectivity index (χ2v) is 11.1. The summed E-state index contributed by atoms with van der Waals surface area (Å²) in [6.07, 6.45) is 0. The number of aliphatic carboxylic acids is 1. The van der Waals surface area contributed by atoms with Crippen molar-refractivity contribution in [3.8, 4) is 5.75 Å². The van der Waals surface area contributed by atoms with Crippen LogP contribution in [0.1, 0.15) is 48.1 Å². The molecule has 186 valence electrons. The molecule has 0 saturated carbocycles. The van der Waals surface area contributed by atoms with Gasteiger partial charge in [-0.2, -0.15) is 4.31 Å². The minimum absolute atomic E-state index is 0.0779. The summed E-state index contributed by atoms with van der Waals surface area (Å²) in [5, 5.41) is 10.5. The fraction of sp³-hybridized carbons (Fsp3) is 0.458. The lowest BCUT2D eigenvalue weighted by Gasteiger charge is -2.32. The maximum Gasteiger partial charge on any atom is 0.322 e. The number of carboxylic acid groups (broad SMARTS) is 1. The molecule has 1 heterocycles. The number of rotatable bonds is 6. The van der Waals surface area contributed by atoms with E-state index >= 15 is 0 Å². The van der Waals surface area contributed by atoms with E-state index in [4.69, 9.17) is 16.3 Å². The maximum absolute atomic E-state index is 14.8. The Morgan fingerprint density at radius 3 is 2.41 bits per heavy atom. The fourth-order valence-electron chi connectivity index (χ4n) is 4.44. The molecular weight excluding hydrogens is 483 g/mol. The number of benzene rings is 2. The van der Waals surface area contributed by atoms with Crippen LogP contribution in [-0.4, -0.2) is 62.0 Å². The lowest BCUT2D eigenvalue weighted by molar-refractivity contribution is -0.142. The lowest BCUT2D eigenvalue weighted by Crippen LogP contribution is -2.48. The normalized spacial score (nSPS) is 18.5. The second-order valence-electron chi connectivity index (χ2n) is 8.87. The van der Waals surface area contributed by atoms with Crippen LogP contribution in [0.15, 0.2) is 29.2 Å². The summed E-state index contributed by atoms with van der Waals surface area (Å²) in [5.74, 6) is -2.78. The first-order chi connectivity index (χ1) is 15.8. The number of carboxylic acids is 1. The zero-order valence-electron chi connectivity index (χ0n) is 20.1. The van der Waals surface area contributed by atoms with Crippen LogP contribution in [-0.2, 0) is 14.8 Å². The Kier molecular flexibility index (Phi) is 7.62. The third kappa shape index (κ3) is 4.54. The van der Waals surface area contributed by atoms with Crippen LogP contribution in [0.2, 0.25) is 5.02 Å². The molecule has 1 aliphatic heterocycles. The maximum atomic E-state index is 14.8. The van der Waals surface area contributed by atoms with Crippen LogP contribution >= 0.6 is 11.6 Å². The predicted molar refractivity (Wildman–Crippen MR) is 129 cm³/mol. The molecule has 0 saturated heterocycles. The molecule has 0 spiro atoms. The highest BCUT2D eigenvalue weighted by molar-refractivity contribution is 7.89. The molecule has 1 aliphatic rings. The van der Waals surface area contributed by atoms with E-state index in [1.807, 2.05) is 25.9 Å². The Labute approximate surface area is 205 Å². The first-order valence-corrected chi connectivity index (χ1v) is 12.7. The van der Waals surface area contributed by atoms with Crippen molar-refractivity contribution in [3.63, 3.8) is 0 Å². The van der Waals surface area contributed by atoms with Crippen LogP contribution < -0.4 is 4.74 Å². The number of aryl methyl sites for hydroxylation is 1. The molecule has 0 aliphatic carbocycles. The van der Waals surface area contributed by atoms with Crippen molar-refractivity contribution < 1.29 is 27.4 Å². The van der Waals surface area contributed by atoms with Gasteiger partial charge in [0.1, 0.15) is 29.1 Å². The number of carbonyl (C=O) groups is 1. The summed E-state index contributed by atoms with van der Waals surface area (Å²) in [7, 11) is -0.659. The van der Waals surface area contributed by atoms with Gasteiger partial charge in [-0.05, 0) is 69.8 Å². The monoisotopic (exact) mass is 512 g/mol. The quantitative estimate of drug-likeness (QED) is 0.619. The standard InChI is InChI=1S/C24H30ClFN2O5S/c1-13-7-9-18(26)20(14(13)2)15(3)22(24(29)30)28-11-12-33-23-19(34(28,31)32)10-8-17(25)21(23)16(4)27(5)6/h7-10,15-16,22H,11-12H2,1-6H3,(H,29,30)/t15?,16?,22-/m0/s1. The zero-order chi connectivity index (χ0) is 25.5. The Morgan fingerprint density at radius 2 is 1.82 bits per heavy atom. The third-order valence-corrected chi connectivity index (χ3v) is 8.90. The number of sulfonamides is 1. The Balaban J connectivity index is 2.19. The third-order valence-electron chi connectivity index (χ3n) is 6.67. The Morgan fingerprint density at radius 1 is 1.18 bits per heavy atom. The summed E-state index contributed by atoms with van der Waals surface area (Å²) >= 11 is 6.43. The van der Waals surface area contributed by atoms with Crippen LogP contribution in [0.5, 0.6) is 5.75 Å². The fourth-order valence-corrected chi connectivity index (χ4v) is 6.52. The molecule has 0 fully saturated rings. The molecule has 0 radical (unpaired) electrons. The molecule has 2 unspecified atom stereocenters. The van der Waals surface area contributed by atoms with Crippen LogP contribution in [0.4, 0.5) is 4.39 Å². The largest absolute Gasteiger partial charge is 0.490 e. The average molecular weight is 513 g/mol. The van der Waals surface area contributed by atoms with Gasteiger partial charge in [0.15, 0.2) is 0 Å². The van der Waals surface area contributed by atoms with Crippen molar-refractivity contribution in [1.29, 1.82) is 0 Å². The van der Waals surface area contributed by atoms with Crippen molar-refractivity contribution in [1.82, 2.24) is 9.21 Å². The molecule has 3 atom stereocenters. The summed E-state index contributed by atoms with van der Waals surface area (Å²) in [6.45, 7) is 6.61. The zero-order valence-corrected chi connectivity index (χ0v) is 21.7. The van der Waals surface area contributed by atoms with Gasteiger partial charge in [0, 0.05) is 29.1 Å². The number of ether oxygens (including phenoxy) is 1. The molecular formula is C24H30ClFN2O5S. The smallest absolute Gasteiger partial charge is 0.322 e. The summed E-state index contributed by atoms with van der Waals surface area (Å²) in [4.78, 5) is 14.2. The average Bonchev–Trinajstić information content (AvgIpc) is 2.86. The van der Waals surface area contributed by atoms with Crippen LogP contribution in [0.3, 0.4) is 0 Å². The number of halogens is 2. The van der Waals surface area contributed by atoms with Gasteiger partial charge < -0.3 is 14.7 Å². The van der Waals surface area contributed by atoms with Gasteiger partial charge in [-0.1, -0.05) is 24.6 Å². The molecule has 2 aromatic rings. The van der Waals surface area contributed by atoms with Gasteiger partial charge in [-0.25, -0.2) is 12.8 Å². The molecule has 1 N–H and O–H groups in total. The van der Waals surface area contributed by atoms with E-state index in [9.17, 15) is 22.7 Å². The number of hydrogen-bond donors (Lipinski definition) is 1. The molecule has 7 nitrogen and oxygen atoms in total. The van der Waals surface area contributed by atoms with Crippen molar-refractivity contribution >= 4 is 27.6 Å². The summed E-state index contributed by atoms with van der Waals surface area (Å²) in [6, 6.07) is 3.89. The van der Waals surface area contributed by atoms with Crippen LogP contribution in [0, 0.1) is 19.7 Å². The first-order valence-electron chi connectivity index (χ1n) is 10.9. The van der Waals surface area contributed by atoms with Gasteiger partial charge in [0.05, 0.1) is 0 Å². The van der Waals surface area contributed by atoms with Crippen molar-refractivity contribution in [3.05, 3.63) is 57.4 Å². The molecule has 10 heteroatoms. The SMILES string of the molecule is Cc1ccc(F)c(C(C)[C@@H](C(=O)O)N2CCOc3c(ccc(Cl)c3C(C)N(C)C)S2(=O)=O)c1C. The van der Waals surface area contributed by atoms with Crippen molar-refractivity contribution in [2.75, 3.05) is 27.2 Å². The molecule has 0 bridgehead atoms.